The minimum absolute atomic E-state index is 0.0636. The van der Waals surface area contributed by atoms with E-state index in [0.29, 0.717) is 16.5 Å². The number of nitrogens with zero attached hydrogens (tertiary/aromatic N) is 1. The van der Waals surface area contributed by atoms with E-state index in [2.05, 4.69) is 11.9 Å². The van der Waals surface area contributed by atoms with Crippen LogP contribution in [0.3, 0.4) is 0 Å². The number of nitrogens with two attached hydrogens (primary N) is 1. The van der Waals surface area contributed by atoms with E-state index >= 15 is 0 Å². The van der Waals surface area contributed by atoms with Crippen LogP contribution >= 0.6 is 11.6 Å². The van der Waals surface area contributed by atoms with E-state index in [1.54, 1.807) is 25.1 Å². The van der Waals surface area contributed by atoms with Crippen LogP contribution in [-0.4, -0.2) is 11.2 Å². The van der Waals surface area contributed by atoms with Crippen LogP contribution in [0.25, 0.3) is 11.1 Å². The van der Waals surface area contributed by atoms with Crippen LogP contribution in [0.15, 0.2) is 29.1 Å². The lowest BCUT2D eigenvalue weighted by molar-refractivity contribution is 0.195. The van der Waals surface area contributed by atoms with Crippen LogP contribution in [0.1, 0.15) is 37.4 Å². The summed E-state index contributed by atoms with van der Waals surface area (Å²) in [5.41, 5.74) is 7.81. The van der Waals surface area contributed by atoms with E-state index in [4.69, 9.17) is 27.3 Å². The lowest BCUT2D eigenvalue weighted by Gasteiger charge is -2.16. The highest BCUT2D eigenvalue weighted by atomic mass is 35.5. The molecule has 1 aromatic heterocycles. The molecule has 0 radical (unpaired) electrons. The van der Waals surface area contributed by atoms with Gasteiger partial charge in [-0.15, -0.1) is 0 Å². The smallest absolute Gasteiger partial charge is 0.266 e. The van der Waals surface area contributed by atoms with Crippen molar-refractivity contribution in [2.75, 3.05) is 0 Å². The summed E-state index contributed by atoms with van der Waals surface area (Å²) < 4.78 is 5.67. The summed E-state index contributed by atoms with van der Waals surface area (Å²) in [5.74, 6) is 0.520. The standard InChI is InChI=1S/C18H20ClN3O2/c1-3-4-5-17(21)24-16-7-6-12(9-15(16)19)14-8-13(10-20)18(23)22-11(14)2/h6-9,17H,3-5,21H2,1-2H3,(H,22,23). The van der Waals surface area contributed by atoms with Crippen molar-refractivity contribution in [1.29, 1.82) is 5.26 Å². The first-order valence-corrected chi connectivity index (χ1v) is 8.20. The van der Waals surface area contributed by atoms with E-state index < -0.39 is 11.8 Å². The Kier molecular flexibility index (Phi) is 6.02. The molecule has 0 amide bonds. The Bertz CT molecular complexity index is 824. The lowest BCUT2D eigenvalue weighted by atomic mass is 10.0. The largest absolute Gasteiger partial charge is 0.474 e. The van der Waals surface area contributed by atoms with Gasteiger partial charge >= 0.3 is 0 Å². The number of aryl methyl sites for hydroxylation is 1. The highest BCUT2D eigenvalue weighted by molar-refractivity contribution is 6.32. The fourth-order valence-electron chi connectivity index (χ4n) is 2.40. The Morgan fingerprint density at radius 1 is 1.42 bits per heavy atom. The highest BCUT2D eigenvalue weighted by Gasteiger charge is 2.12. The number of pyridine rings is 1. The minimum atomic E-state index is -0.397. The van der Waals surface area contributed by atoms with Gasteiger partial charge in [0.25, 0.3) is 5.56 Å². The van der Waals surface area contributed by atoms with Gasteiger partial charge in [-0.2, -0.15) is 5.26 Å². The van der Waals surface area contributed by atoms with Crippen molar-refractivity contribution in [3.05, 3.63) is 50.9 Å². The number of halogens is 1. The summed E-state index contributed by atoms with van der Waals surface area (Å²) in [6.07, 6.45) is 2.41. The van der Waals surface area contributed by atoms with Gasteiger partial charge in [0, 0.05) is 11.3 Å². The zero-order valence-corrected chi connectivity index (χ0v) is 14.5. The molecule has 3 N–H and O–H groups in total. The average Bonchev–Trinajstić information content (AvgIpc) is 2.55. The lowest BCUT2D eigenvalue weighted by Crippen LogP contribution is -2.26. The number of nitrogens with one attached hydrogen (secondary N) is 1. The molecular weight excluding hydrogens is 326 g/mol. The first kappa shape index (κ1) is 18.1. The van der Waals surface area contributed by atoms with E-state index in [1.165, 1.54) is 0 Å². The Hall–Kier alpha value is -2.29. The van der Waals surface area contributed by atoms with Crippen LogP contribution < -0.4 is 16.0 Å². The molecule has 0 bridgehead atoms. The Balaban J connectivity index is 2.30. The summed E-state index contributed by atoms with van der Waals surface area (Å²) in [6, 6.07) is 8.77. The molecule has 0 aliphatic heterocycles. The normalized spacial score (nSPS) is 11.8. The Morgan fingerprint density at radius 2 is 2.17 bits per heavy atom. The molecule has 24 heavy (non-hydrogen) atoms. The molecule has 0 saturated carbocycles. The number of hydrogen-bond donors (Lipinski definition) is 2. The summed E-state index contributed by atoms with van der Waals surface area (Å²) in [5, 5.41) is 9.45. The van der Waals surface area contributed by atoms with Crippen molar-refractivity contribution in [2.45, 2.75) is 39.3 Å². The number of rotatable bonds is 6. The molecule has 0 saturated heterocycles. The molecule has 5 nitrogen and oxygen atoms in total. The second kappa shape index (κ2) is 8.00. The fourth-order valence-corrected chi connectivity index (χ4v) is 2.62. The maximum atomic E-state index is 11.6. The van der Waals surface area contributed by atoms with Crippen molar-refractivity contribution in [2.24, 2.45) is 5.73 Å². The molecule has 2 aromatic rings. The fraction of sp³-hybridized carbons (Fsp3) is 0.333. The SMILES string of the molecule is CCCCC(N)Oc1ccc(-c2cc(C#N)c(=O)[nH]c2C)cc1Cl. The minimum Gasteiger partial charge on any atom is -0.474 e. The quantitative estimate of drug-likeness (QED) is 0.780. The van der Waals surface area contributed by atoms with Gasteiger partial charge in [0.05, 0.1) is 5.02 Å². The predicted molar refractivity (Wildman–Crippen MR) is 95.1 cm³/mol. The molecule has 0 fully saturated rings. The van der Waals surface area contributed by atoms with Crippen molar-refractivity contribution in [3.63, 3.8) is 0 Å². The van der Waals surface area contributed by atoms with E-state index in [-0.39, 0.29) is 5.56 Å². The maximum Gasteiger partial charge on any atom is 0.266 e. The number of aromatic nitrogens is 1. The van der Waals surface area contributed by atoms with Crippen LogP contribution in [0, 0.1) is 18.3 Å². The summed E-state index contributed by atoms with van der Waals surface area (Å²) >= 11 is 6.30. The molecule has 6 heteroatoms. The van der Waals surface area contributed by atoms with Crippen molar-refractivity contribution in [3.8, 4) is 22.9 Å². The summed E-state index contributed by atoms with van der Waals surface area (Å²) in [6.45, 7) is 3.87. The van der Waals surface area contributed by atoms with Crippen LogP contribution in [-0.2, 0) is 0 Å². The molecule has 126 valence electrons. The second-order valence-corrected chi connectivity index (χ2v) is 6.01. The predicted octanol–water partition coefficient (Wildman–Crippen LogP) is 3.73. The van der Waals surface area contributed by atoms with Crippen LogP contribution in [0.5, 0.6) is 5.75 Å². The van der Waals surface area contributed by atoms with Gasteiger partial charge in [-0.1, -0.05) is 31.0 Å². The first-order valence-electron chi connectivity index (χ1n) is 7.82. The number of hydrogen-bond acceptors (Lipinski definition) is 4. The van der Waals surface area contributed by atoms with Crippen LogP contribution in [0.4, 0.5) is 0 Å². The Morgan fingerprint density at radius 3 is 2.79 bits per heavy atom. The molecule has 1 unspecified atom stereocenters. The zero-order valence-electron chi connectivity index (χ0n) is 13.7. The van der Waals surface area contributed by atoms with Crippen molar-refractivity contribution < 1.29 is 4.74 Å². The van der Waals surface area contributed by atoms with Gasteiger partial charge in [-0.05, 0) is 43.5 Å². The second-order valence-electron chi connectivity index (χ2n) is 5.61. The van der Waals surface area contributed by atoms with Crippen molar-refractivity contribution in [1.82, 2.24) is 4.98 Å². The van der Waals surface area contributed by atoms with Gasteiger partial charge in [0.2, 0.25) is 0 Å². The number of benzene rings is 1. The zero-order chi connectivity index (χ0) is 17.7. The number of H-pyrrole nitrogens is 1. The third kappa shape index (κ3) is 4.16. The monoisotopic (exact) mass is 345 g/mol. The molecule has 1 aromatic carbocycles. The van der Waals surface area contributed by atoms with Crippen molar-refractivity contribution >= 4 is 11.6 Å². The van der Waals surface area contributed by atoms with Gasteiger partial charge in [-0.3, -0.25) is 10.5 Å². The topological polar surface area (TPSA) is 91.9 Å². The van der Waals surface area contributed by atoms with Gasteiger partial charge in [0.1, 0.15) is 23.6 Å². The molecule has 0 spiro atoms. The molecule has 0 aliphatic carbocycles. The molecule has 0 aliphatic rings. The third-order valence-corrected chi connectivity index (χ3v) is 4.02. The molecular formula is C18H20ClN3O2. The third-order valence-electron chi connectivity index (χ3n) is 3.72. The number of aromatic amines is 1. The van der Waals surface area contributed by atoms with Crippen LogP contribution in [0.2, 0.25) is 5.02 Å². The van der Waals surface area contributed by atoms with E-state index in [1.807, 2.05) is 12.1 Å². The molecule has 2 rings (SSSR count). The number of nitriles is 1. The van der Waals surface area contributed by atoms with Gasteiger partial charge < -0.3 is 9.72 Å². The molecule has 1 atom stereocenters. The highest BCUT2D eigenvalue weighted by Crippen LogP contribution is 2.32. The van der Waals surface area contributed by atoms with Gasteiger partial charge in [0.15, 0.2) is 0 Å². The summed E-state index contributed by atoms with van der Waals surface area (Å²) in [4.78, 5) is 14.3. The average molecular weight is 346 g/mol. The van der Waals surface area contributed by atoms with E-state index in [9.17, 15) is 4.79 Å². The Labute approximate surface area is 146 Å². The number of ether oxygens (including phenoxy) is 1. The molecule has 1 heterocycles. The number of unbranched alkanes of at least 4 members (excludes halogenated alkanes) is 1. The first-order chi connectivity index (χ1) is 11.5. The summed E-state index contributed by atoms with van der Waals surface area (Å²) in [7, 11) is 0. The van der Waals surface area contributed by atoms with Gasteiger partial charge in [-0.25, -0.2) is 0 Å². The maximum absolute atomic E-state index is 11.6. The van der Waals surface area contributed by atoms with E-state index in [0.717, 1.165) is 30.4 Å².